The molecule has 0 spiro atoms. The smallest absolute Gasteiger partial charge is 0.335 e. The van der Waals surface area contributed by atoms with Crippen LogP contribution >= 0.6 is 11.6 Å². The lowest BCUT2D eigenvalue weighted by Crippen LogP contribution is -2.32. The second kappa shape index (κ2) is 10.9. The predicted molar refractivity (Wildman–Crippen MR) is 153 cm³/mol. The van der Waals surface area contributed by atoms with Crippen molar-refractivity contribution in [3.8, 4) is 22.6 Å². The van der Waals surface area contributed by atoms with E-state index in [1.54, 1.807) is 28.8 Å². The van der Waals surface area contributed by atoms with E-state index in [0.29, 0.717) is 30.0 Å². The third-order valence-corrected chi connectivity index (χ3v) is 7.60. The van der Waals surface area contributed by atoms with E-state index in [1.165, 1.54) is 38.3 Å². The number of halogens is 4. The summed E-state index contributed by atoms with van der Waals surface area (Å²) in [6.45, 7) is 2.15. The monoisotopic (exact) mass is 608 g/mol. The molecule has 0 bridgehead atoms. The molecule has 0 saturated carbocycles. The summed E-state index contributed by atoms with van der Waals surface area (Å²) in [7, 11) is 1.53. The van der Waals surface area contributed by atoms with Gasteiger partial charge in [-0.15, -0.1) is 0 Å². The van der Waals surface area contributed by atoms with Crippen molar-refractivity contribution < 1.29 is 37.3 Å². The number of methoxy groups -OCH3 is 1. The molecule has 0 saturated heterocycles. The molecule has 0 amide bonds. The molecule has 43 heavy (non-hydrogen) atoms. The third-order valence-electron chi connectivity index (χ3n) is 7.37. The van der Waals surface area contributed by atoms with Crippen LogP contribution < -0.4 is 9.47 Å². The molecule has 2 heterocycles. The van der Waals surface area contributed by atoms with Gasteiger partial charge in [0, 0.05) is 43.1 Å². The number of hydrogen-bond acceptors (Lipinski definition) is 5. The Balaban J connectivity index is 1.35. The zero-order valence-corrected chi connectivity index (χ0v) is 23.7. The summed E-state index contributed by atoms with van der Waals surface area (Å²) in [6, 6.07) is 15.5. The quantitative estimate of drug-likeness (QED) is 0.198. The molecule has 1 atom stereocenters. The number of imidazole rings is 1. The van der Waals surface area contributed by atoms with Crippen LogP contribution in [0.25, 0.3) is 22.2 Å². The lowest BCUT2D eigenvalue weighted by atomic mass is 10.00. The maximum absolute atomic E-state index is 15.7. The third kappa shape index (κ3) is 5.17. The van der Waals surface area contributed by atoms with Crippen molar-refractivity contribution in [3.05, 3.63) is 112 Å². The molecular formula is C32H24ClF3N2O5. The van der Waals surface area contributed by atoms with Gasteiger partial charge in [0.05, 0.1) is 28.8 Å². The van der Waals surface area contributed by atoms with Crippen LogP contribution in [0.4, 0.5) is 13.2 Å². The molecule has 5 aromatic rings. The predicted octanol–water partition coefficient (Wildman–Crippen LogP) is 7.35. The van der Waals surface area contributed by atoms with Crippen molar-refractivity contribution >= 4 is 28.6 Å². The van der Waals surface area contributed by atoms with Crippen LogP contribution in [0.3, 0.4) is 0 Å². The van der Waals surface area contributed by atoms with E-state index in [0.717, 1.165) is 18.2 Å². The van der Waals surface area contributed by atoms with Crippen LogP contribution in [0.2, 0.25) is 5.02 Å². The highest BCUT2D eigenvalue weighted by atomic mass is 35.5. The van der Waals surface area contributed by atoms with Crippen LogP contribution in [0, 0.1) is 17.5 Å². The lowest BCUT2D eigenvalue weighted by Gasteiger charge is -2.24. The zero-order valence-electron chi connectivity index (χ0n) is 23.0. The molecule has 4 aromatic carbocycles. The SMILES string of the molecule is COCCn1c(Cc2cc(F)c(-c3cccc4c3OC(C)(c3ccc(Cl)cc3F)O4)cc2F)nc2ccc(C(=O)O)cc21. The van der Waals surface area contributed by atoms with Crippen molar-refractivity contribution in [1.82, 2.24) is 9.55 Å². The molecule has 0 radical (unpaired) electrons. The van der Waals surface area contributed by atoms with Gasteiger partial charge >= 0.3 is 5.97 Å². The van der Waals surface area contributed by atoms with Crippen molar-refractivity contribution in [2.24, 2.45) is 0 Å². The Morgan fingerprint density at radius 1 is 1.00 bits per heavy atom. The summed E-state index contributed by atoms with van der Waals surface area (Å²) in [5.41, 5.74) is 1.44. The Bertz CT molecular complexity index is 1910. The molecule has 6 rings (SSSR count). The Hall–Kier alpha value is -4.54. The van der Waals surface area contributed by atoms with Crippen molar-refractivity contribution in [3.63, 3.8) is 0 Å². The molecule has 1 N–H and O–H groups in total. The molecule has 11 heteroatoms. The van der Waals surface area contributed by atoms with E-state index >= 15 is 8.78 Å². The second-order valence-electron chi connectivity index (χ2n) is 10.2. The molecule has 1 aliphatic heterocycles. The van der Waals surface area contributed by atoms with Gasteiger partial charge in [-0.1, -0.05) is 23.7 Å². The first-order chi connectivity index (χ1) is 20.6. The van der Waals surface area contributed by atoms with Crippen molar-refractivity contribution in [2.75, 3.05) is 13.7 Å². The number of carbonyl (C=O) groups is 1. The van der Waals surface area contributed by atoms with Gasteiger partial charge in [-0.2, -0.15) is 0 Å². The van der Waals surface area contributed by atoms with Crippen LogP contribution in [0.15, 0.2) is 66.7 Å². The highest BCUT2D eigenvalue weighted by Crippen LogP contribution is 2.50. The largest absolute Gasteiger partial charge is 0.478 e. The number of fused-ring (bicyclic) bond motifs is 2. The maximum Gasteiger partial charge on any atom is 0.335 e. The molecule has 7 nitrogen and oxygen atoms in total. The Morgan fingerprint density at radius 2 is 1.81 bits per heavy atom. The first-order valence-electron chi connectivity index (χ1n) is 13.2. The van der Waals surface area contributed by atoms with Gasteiger partial charge < -0.3 is 23.9 Å². The molecule has 1 aliphatic rings. The van der Waals surface area contributed by atoms with Gasteiger partial charge in [-0.05, 0) is 60.2 Å². The highest BCUT2D eigenvalue weighted by molar-refractivity contribution is 6.30. The number of aromatic carboxylic acids is 1. The number of aromatic nitrogens is 2. The van der Waals surface area contributed by atoms with Gasteiger partial charge in [-0.3, -0.25) is 0 Å². The van der Waals surface area contributed by atoms with E-state index < -0.39 is 29.2 Å². The minimum absolute atomic E-state index is 0.0477. The summed E-state index contributed by atoms with van der Waals surface area (Å²) >= 11 is 5.90. The molecule has 0 fully saturated rings. The van der Waals surface area contributed by atoms with E-state index in [9.17, 15) is 14.3 Å². The number of hydrogen-bond donors (Lipinski definition) is 1. The standard InChI is InChI=1S/C32H24ClF3N2O5/c1-32(22-8-7-19(33)15-25(22)36)42-28-5-3-4-20(30(28)43-32)21-16-23(34)18(12-24(21)35)14-29-37-26-9-6-17(31(39)40)13-27(26)38(29)10-11-41-2/h3-9,12-13,15-16H,10-11,14H2,1-2H3,(H,39,40). The fraction of sp³-hybridized carbons (Fsp3) is 0.188. The second-order valence-corrected chi connectivity index (χ2v) is 10.6. The number of nitrogens with zero attached hydrogens (tertiary/aromatic N) is 2. The number of carboxylic acids is 1. The molecular weight excluding hydrogens is 585 g/mol. The number of para-hydroxylation sites is 1. The summed E-state index contributed by atoms with van der Waals surface area (Å²) in [6.07, 6.45) is -0.0652. The first kappa shape index (κ1) is 28.6. The van der Waals surface area contributed by atoms with Crippen LogP contribution in [-0.4, -0.2) is 34.3 Å². The van der Waals surface area contributed by atoms with Crippen molar-refractivity contribution in [1.29, 1.82) is 0 Å². The average Bonchev–Trinajstić information content (AvgIpc) is 3.49. The number of ether oxygens (including phenoxy) is 3. The molecule has 1 aromatic heterocycles. The first-order valence-corrected chi connectivity index (χ1v) is 13.6. The molecule has 220 valence electrons. The van der Waals surface area contributed by atoms with E-state index in [-0.39, 0.29) is 50.8 Å². The normalized spacial score (nSPS) is 15.8. The number of benzene rings is 4. The van der Waals surface area contributed by atoms with Gasteiger partial charge in [0.25, 0.3) is 5.79 Å². The van der Waals surface area contributed by atoms with Crippen molar-refractivity contribution in [2.45, 2.75) is 25.7 Å². The summed E-state index contributed by atoms with van der Waals surface area (Å²) < 4.78 is 65.1. The highest BCUT2D eigenvalue weighted by Gasteiger charge is 2.42. The van der Waals surface area contributed by atoms with Gasteiger partial charge in [0.15, 0.2) is 11.5 Å². The Morgan fingerprint density at radius 3 is 2.56 bits per heavy atom. The number of carboxylic acid groups (broad SMARTS) is 1. The topological polar surface area (TPSA) is 82.8 Å². The lowest BCUT2D eigenvalue weighted by molar-refractivity contribution is -0.0705. The van der Waals surface area contributed by atoms with E-state index in [4.69, 9.17) is 25.8 Å². The Labute approximate surface area is 249 Å². The minimum Gasteiger partial charge on any atom is -0.478 e. The Kier molecular flexibility index (Phi) is 7.27. The van der Waals surface area contributed by atoms with Gasteiger partial charge in [0.2, 0.25) is 0 Å². The maximum atomic E-state index is 15.7. The number of rotatable bonds is 8. The minimum atomic E-state index is -1.57. The zero-order chi connectivity index (χ0) is 30.5. The molecule has 1 unspecified atom stereocenters. The van der Waals surface area contributed by atoms with E-state index in [1.807, 2.05) is 0 Å². The summed E-state index contributed by atoms with van der Waals surface area (Å²) in [5, 5.41) is 9.63. The van der Waals surface area contributed by atoms with Crippen LogP contribution in [0.1, 0.15) is 34.2 Å². The summed E-state index contributed by atoms with van der Waals surface area (Å²) in [4.78, 5) is 16.1. The fourth-order valence-electron chi connectivity index (χ4n) is 5.28. The fourth-order valence-corrected chi connectivity index (χ4v) is 5.44. The van der Waals surface area contributed by atoms with Crippen LogP contribution in [0.5, 0.6) is 11.5 Å². The van der Waals surface area contributed by atoms with Crippen LogP contribution in [-0.2, 0) is 23.5 Å². The summed E-state index contributed by atoms with van der Waals surface area (Å²) in [5.74, 6) is -3.90. The van der Waals surface area contributed by atoms with Gasteiger partial charge in [0.1, 0.15) is 23.3 Å². The molecule has 0 aliphatic carbocycles. The average molecular weight is 609 g/mol. The van der Waals surface area contributed by atoms with E-state index in [2.05, 4.69) is 4.98 Å². The van der Waals surface area contributed by atoms with Gasteiger partial charge in [-0.25, -0.2) is 22.9 Å².